The van der Waals surface area contributed by atoms with Gasteiger partial charge in [-0.15, -0.1) is 0 Å². The number of ketones is 1. The van der Waals surface area contributed by atoms with Crippen LogP contribution in [0.1, 0.15) is 57.8 Å². The van der Waals surface area contributed by atoms with Crippen molar-refractivity contribution < 1.29 is 4.79 Å². The third kappa shape index (κ3) is 1.69. The fourth-order valence-corrected chi connectivity index (χ4v) is 5.57. The molecule has 0 aromatic carbocycles. The van der Waals surface area contributed by atoms with Crippen LogP contribution in [0.15, 0.2) is 0 Å². The van der Waals surface area contributed by atoms with Gasteiger partial charge in [0.2, 0.25) is 0 Å². The van der Waals surface area contributed by atoms with Gasteiger partial charge in [-0.25, -0.2) is 0 Å². The van der Waals surface area contributed by atoms with Crippen molar-refractivity contribution in [2.24, 2.45) is 35.5 Å². The minimum absolute atomic E-state index is 0.503. The van der Waals surface area contributed by atoms with E-state index in [9.17, 15) is 4.79 Å². The zero-order chi connectivity index (χ0) is 11.4. The maximum absolute atomic E-state index is 12.5. The first-order valence-corrected chi connectivity index (χ1v) is 7.82. The Bertz CT molecular complexity index is 300. The Balaban J connectivity index is 1.48. The molecule has 5 fully saturated rings. The zero-order valence-corrected chi connectivity index (χ0v) is 10.7. The highest BCUT2D eigenvalue weighted by Crippen LogP contribution is 2.57. The van der Waals surface area contributed by atoms with Gasteiger partial charge in [-0.2, -0.15) is 0 Å². The summed E-state index contributed by atoms with van der Waals surface area (Å²) in [5.74, 6) is 5.57. The van der Waals surface area contributed by atoms with Crippen LogP contribution in [0.3, 0.4) is 0 Å². The standard InChI is InChI=1S/C16H24O/c17-15(9-10-2-1-3-10)16-13-5-11-4-12(7-13)8-14(16)6-11/h10-14,16H,1-9H2. The smallest absolute Gasteiger partial charge is 0.136 e. The lowest BCUT2D eigenvalue weighted by molar-refractivity contribution is -0.137. The van der Waals surface area contributed by atoms with E-state index in [1.807, 2.05) is 0 Å². The van der Waals surface area contributed by atoms with Crippen molar-refractivity contribution in [1.82, 2.24) is 0 Å². The lowest BCUT2D eigenvalue weighted by Crippen LogP contribution is -2.48. The Morgan fingerprint density at radius 1 is 0.882 bits per heavy atom. The second-order valence-electron chi connectivity index (χ2n) is 7.42. The molecule has 94 valence electrons. The first-order chi connectivity index (χ1) is 8.29. The molecular weight excluding hydrogens is 208 g/mol. The Kier molecular flexibility index (Phi) is 2.38. The van der Waals surface area contributed by atoms with Crippen LogP contribution in [0.25, 0.3) is 0 Å². The molecule has 0 aromatic heterocycles. The molecule has 1 nitrogen and oxygen atoms in total. The van der Waals surface area contributed by atoms with E-state index < -0.39 is 0 Å². The zero-order valence-electron chi connectivity index (χ0n) is 10.7. The first-order valence-electron chi connectivity index (χ1n) is 7.82. The molecule has 4 bridgehead atoms. The fourth-order valence-electron chi connectivity index (χ4n) is 5.57. The second kappa shape index (κ2) is 3.83. The normalized spacial score (nSPS) is 48.1. The molecule has 0 amide bonds. The van der Waals surface area contributed by atoms with Crippen molar-refractivity contribution in [1.29, 1.82) is 0 Å². The van der Waals surface area contributed by atoms with E-state index in [1.54, 1.807) is 0 Å². The number of carbonyl (C=O) groups is 1. The summed E-state index contributed by atoms with van der Waals surface area (Å²) in [4.78, 5) is 12.5. The highest BCUT2D eigenvalue weighted by atomic mass is 16.1. The summed E-state index contributed by atoms with van der Waals surface area (Å²) in [6.45, 7) is 0. The van der Waals surface area contributed by atoms with Crippen LogP contribution in [-0.2, 0) is 4.79 Å². The largest absolute Gasteiger partial charge is 0.299 e. The topological polar surface area (TPSA) is 17.1 Å². The molecule has 0 radical (unpaired) electrons. The maximum atomic E-state index is 12.5. The van der Waals surface area contributed by atoms with E-state index in [2.05, 4.69) is 0 Å². The molecule has 17 heavy (non-hydrogen) atoms. The Labute approximate surface area is 104 Å². The molecule has 0 saturated heterocycles. The van der Waals surface area contributed by atoms with Crippen molar-refractivity contribution in [2.45, 2.75) is 57.8 Å². The molecule has 5 aliphatic rings. The summed E-state index contributed by atoms with van der Waals surface area (Å²) < 4.78 is 0. The fraction of sp³-hybridized carbons (Fsp3) is 0.938. The predicted octanol–water partition coefficient (Wildman–Crippen LogP) is 3.82. The van der Waals surface area contributed by atoms with Gasteiger partial charge in [-0.05, 0) is 61.7 Å². The Hall–Kier alpha value is -0.330. The second-order valence-corrected chi connectivity index (χ2v) is 7.42. The summed E-state index contributed by atoms with van der Waals surface area (Å²) in [7, 11) is 0. The van der Waals surface area contributed by atoms with Gasteiger partial charge in [0, 0.05) is 12.3 Å². The molecule has 0 N–H and O–H groups in total. The van der Waals surface area contributed by atoms with Crippen LogP contribution in [-0.4, -0.2) is 5.78 Å². The highest BCUT2D eigenvalue weighted by Gasteiger charge is 2.50. The number of hydrogen-bond donors (Lipinski definition) is 0. The number of carbonyl (C=O) groups excluding carboxylic acids is 1. The lowest BCUT2D eigenvalue weighted by atomic mass is 9.50. The van der Waals surface area contributed by atoms with Crippen LogP contribution in [0, 0.1) is 35.5 Å². The van der Waals surface area contributed by atoms with E-state index in [-0.39, 0.29) is 0 Å². The molecule has 0 aliphatic heterocycles. The van der Waals surface area contributed by atoms with Crippen molar-refractivity contribution in [3.8, 4) is 0 Å². The SMILES string of the molecule is O=C(CC1CCC1)C1C2CC3CC(C2)CC1C3. The summed E-state index contributed by atoms with van der Waals surface area (Å²) in [6.07, 6.45) is 12.1. The Morgan fingerprint density at radius 2 is 1.47 bits per heavy atom. The number of Topliss-reactive ketones (excluding diaryl/α,β-unsaturated/α-hetero) is 1. The van der Waals surface area contributed by atoms with Gasteiger partial charge in [0.15, 0.2) is 0 Å². The number of hydrogen-bond acceptors (Lipinski definition) is 1. The molecule has 0 spiro atoms. The van der Waals surface area contributed by atoms with Crippen molar-refractivity contribution in [2.75, 3.05) is 0 Å². The van der Waals surface area contributed by atoms with E-state index in [1.165, 1.54) is 51.4 Å². The highest BCUT2D eigenvalue weighted by molar-refractivity contribution is 5.82. The minimum Gasteiger partial charge on any atom is -0.299 e. The average Bonchev–Trinajstić information content (AvgIpc) is 2.22. The summed E-state index contributed by atoms with van der Waals surface area (Å²) in [5, 5.41) is 0. The molecule has 0 atom stereocenters. The molecule has 0 unspecified atom stereocenters. The van der Waals surface area contributed by atoms with Gasteiger partial charge >= 0.3 is 0 Å². The van der Waals surface area contributed by atoms with Gasteiger partial charge in [0.25, 0.3) is 0 Å². The van der Waals surface area contributed by atoms with E-state index in [0.29, 0.717) is 11.7 Å². The molecule has 0 aromatic rings. The monoisotopic (exact) mass is 232 g/mol. The van der Waals surface area contributed by atoms with E-state index >= 15 is 0 Å². The molecule has 5 saturated carbocycles. The first kappa shape index (κ1) is 10.6. The van der Waals surface area contributed by atoms with Crippen LogP contribution in [0.5, 0.6) is 0 Å². The van der Waals surface area contributed by atoms with Crippen LogP contribution < -0.4 is 0 Å². The lowest BCUT2D eigenvalue weighted by Gasteiger charge is -2.54. The van der Waals surface area contributed by atoms with Crippen LogP contribution in [0.4, 0.5) is 0 Å². The summed E-state index contributed by atoms with van der Waals surface area (Å²) in [6, 6.07) is 0. The van der Waals surface area contributed by atoms with Crippen LogP contribution >= 0.6 is 0 Å². The summed E-state index contributed by atoms with van der Waals surface area (Å²) in [5.41, 5.74) is 0. The van der Waals surface area contributed by atoms with Crippen molar-refractivity contribution in [3.63, 3.8) is 0 Å². The van der Waals surface area contributed by atoms with Crippen molar-refractivity contribution >= 4 is 5.78 Å². The van der Waals surface area contributed by atoms with Crippen molar-refractivity contribution in [3.05, 3.63) is 0 Å². The molecule has 5 aliphatic carbocycles. The molecule has 0 heterocycles. The quantitative estimate of drug-likeness (QED) is 0.723. The molecular formula is C16H24O. The third-order valence-electron chi connectivity index (χ3n) is 6.31. The maximum Gasteiger partial charge on any atom is 0.136 e. The van der Waals surface area contributed by atoms with Crippen LogP contribution in [0.2, 0.25) is 0 Å². The number of rotatable bonds is 3. The Morgan fingerprint density at radius 3 is 1.94 bits per heavy atom. The van der Waals surface area contributed by atoms with E-state index in [4.69, 9.17) is 0 Å². The third-order valence-corrected chi connectivity index (χ3v) is 6.31. The predicted molar refractivity (Wildman–Crippen MR) is 67.5 cm³/mol. The molecule has 1 heteroatoms. The van der Waals surface area contributed by atoms with Gasteiger partial charge < -0.3 is 0 Å². The van der Waals surface area contributed by atoms with Gasteiger partial charge in [0.1, 0.15) is 5.78 Å². The van der Waals surface area contributed by atoms with Gasteiger partial charge in [0.05, 0.1) is 0 Å². The summed E-state index contributed by atoms with van der Waals surface area (Å²) >= 11 is 0. The van der Waals surface area contributed by atoms with Gasteiger partial charge in [-0.1, -0.05) is 19.3 Å². The minimum atomic E-state index is 0.503. The van der Waals surface area contributed by atoms with Gasteiger partial charge in [-0.3, -0.25) is 4.79 Å². The molecule has 5 rings (SSSR count). The van der Waals surface area contributed by atoms with E-state index in [0.717, 1.165) is 36.0 Å². The average molecular weight is 232 g/mol.